The average Bonchev–Trinajstić information content (AvgIpc) is 3.15. The number of carbonyl (C=O) groups excluding carboxylic acids is 2. The van der Waals surface area contributed by atoms with E-state index in [1.165, 1.54) is 23.9 Å². The molecule has 8 heteroatoms. The summed E-state index contributed by atoms with van der Waals surface area (Å²) in [7, 11) is 0. The molecule has 3 aromatic rings. The van der Waals surface area contributed by atoms with Crippen LogP contribution in [0.5, 0.6) is 5.75 Å². The first-order valence-corrected chi connectivity index (χ1v) is 9.46. The molecule has 142 valence electrons. The maximum absolute atomic E-state index is 13.1. The maximum Gasteiger partial charge on any atom is 0.262 e. The minimum atomic E-state index is -0.398. The number of aromatic amines is 1. The lowest BCUT2D eigenvalue weighted by Crippen LogP contribution is -2.25. The number of carbonyl (C=O) groups is 2. The van der Waals surface area contributed by atoms with E-state index >= 15 is 0 Å². The van der Waals surface area contributed by atoms with Gasteiger partial charge in [-0.05, 0) is 55.0 Å². The van der Waals surface area contributed by atoms with Gasteiger partial charge in [-0.25, -0.2) is 9.37 Å². The molecule has 0 bridgehead atoms. The minimum absolute atomic E-state index is 0.0264. The van der Waals surface area contributed by atoms with Crippen LogP contribution in [0.2, 0.25) is 0 Å². The van der Waals surface area contributed by atoms with E-state index in [9.17, 15) is 14.0 Å². The zero-order valence-corrected chi connectivity index (χ0v) is 15.7. The fourth-order valence-corrected chi connectivity index (χ4v) is 3.69. The smallest absolute Gasteiger partial charge is 0.262 e. The topological polar surface area (TPSA) is 84.1 Å². The van der Waals surface area contributed by atoms with Gasteiger partial charge in [-0.3, -0.25) is 9.59 Å². The number of anilines is 1. The van der Waals surface area contributed by atoms with E-state index in [0.717, 1.165) is 11.3 Å². The lowest BCUT2D eigenvalue weighted by atomic mass is 10.1. The zero-order valence-electron chi connectivity index (χ0n) is 14.9. The fraction of sp³-hybridized carbons (Fsp3) is 0.150. The van der Waals surface area contributed by atoms with Crippen molar-refractivity contribution in [1.82, 2.24) is 9.97 Å². The summed E-state index contributed by atoms with van der Waals surface area (Å²) in [5.41, 5.74) is 2.53. The van der Waals surface area contributed by atoms with Crippen LogP contribution < -0.4 is 10.1 Å². The number of hydrogen-bond acceptors (Lipinski definition) is 5. The Hall–Kier alpha value is -3.13. The van der Waals surface area contributed by atoms with E-state index in [2.05, 4.69) is 15.3 Å². The number of fused-ring (bicyclic) bond motifs is 1. The van der Waals surface area contributed by atoms with Gasteiger partial charge in [-0.2, -0.15) is 0 Å². The second-order valence-corrected chi connectivity index (χ2v) is 7.61. The fourth-order valence-electron chi connectivity index (χ4n) is 2.83. The van der Waals surface area contributed by atoms with Crippen LogP contribution in [0.15, 0.2) is 53.8 Å². The van der Waals surface area contributed by atoms with Crippen LogP contribution in [0.1, 0.15) is 17.3 Å². The first-order valence-electron chi connectivity index (χ1n) is 8.58. The number of hydrogen-bond donors (Lipinski definition) is 2. The number of ether oxygens (including phenoxy) is 1. The van der Waals surface area contributed by atoms with E-state index in [0.29, 0.717) is 22.2 Å². The lowest BCUT2D eigenvalue weighted by Gasteiger charge is -2.18. The second kappa shape index (κ2) is 7.47. The van der Waals surface area contributed by atoms with Gasteiger partial charge in [0, 0.05) is 5.56 Å². The molecule has 4 rings (SSSR count). The maximum atomic E-state index is 13.1. The first-order chi connectivity index (χ1) is 13.5. The molecule has 0 fully saturated rings. The number of nitrogens with one attached hydrogen (secondary N) is 2. The summed E-state index contributed by atoms with van der Waals surface area (Å²) in [6.45, 7) is 1.77. The molecule has 1 aliphatic heterocycles. The monoisotopic (exact) mass is 397 g/mol. The number of amides is 1. The normalized spacial score (nSPS) is 14.0. The van der Waals surface area contributed by atoms with Crippen LogP contribution in [0.3, 0.4) is 0 Å². The molecular formula is C20H16FN3O3S. The van der Waals surface area contributed by atoms with Gasteiger partial charge in [-0.15, -0.1) is 0 Å². The molecule has 1 amide bonds. The molecule has 0 radical (unpaired) electrons. The summed E-state index contributed by atoms with van der Waals surface area (Å²) in [5.74, 6) is -0.0917. The third kappa shape index (κ3) is 3.77. The van der Waals surface area contributed by atoms with E-state index in [1.807, 2.05) is 0 Å². The zero-order chi connectivity index (χ0) is 19.7. The van der Waals surface area contributed by atoms with E-state index in [-0.39, 0.29) is 24.1 Å². The van der Waals surface area contributed by atoms with Crippen molar-refractivity contribution in [2.45, 2.75) is 17.3 Å². The van der Waals surface area contributed by atoms with Crippen molar-refractivity contribution in [3.8, 4) is 17.0 Å². The van der Waals surface area contributed by atoms with Gasteiger partial charge in [0.15, 0.2) is 17.5 Å². The first kappa shape index (κ1) is 18.2. The summed E-state index contributed by atoms with van der Waals surface area (Å²) in [4.78, 5) is 31.7. The number of aromatic nitrogens is 2. The number of ketones is 1. The largest absolute Gasteiger partial charge is 0.482 e. The van der Waals surface area contributed by atoms with Gasteiger partial charge in [0.1, 0.15) is 11.6 Å². The molecule has 2 heterocycles. The highest BCUT2D eigenvalue weighted by atomic mass is 32.2. The number of Topliss-reactive ketones (excluding diaryl/α,β-unsaturated/α-hetero) is 1. The summed E-state index contributed by atoms with van der Waals surface area (Å²) >= 11 is 1.29. The lowest BCUT2D eigenvalue weighted by molar-refractivity contribution is -0.118. The molecule has 0 saturated heterocycles. The van der Waals surface area contributed by atoms with Gasteiger partial charge in [0.05, 0.1) is 22.8 Å². The molecular weight excluding hydrogens is 381 g/mol. The minimum Gasteiger partial charge on any atom is -0.482 e. The molecule has 6 nitrogen and oxygen atoms in total. The summed E-state index contributed by atoms with van der Waals surface area (Å²) in [6, 6.07) is 11.1. The SMILES string of the molecule is CC(Sc1ncc(-c2ccc(F)cc2)[nH]1)C(=O)c1ccc2c(c1)NC(=O)CO2. The Balaban J connectivity index is 1.47. The predicted molar refractivity (Wildman–Crippen MR) is 104 cm³/mol. The van der Waals surface area contributed by atoms with Crippen molar-refractivity contribution < 1.29 is 18.7 Å². The van der Waals surface area contributed by atoms with Gasteiger partial charge >= 0.3 is 0 Å². The highest BCUT2D eigenvalue weighted by Crippen LogP contribution is 2.31. The number of halogens is 1. The molecule has 0 spiro atoms. The molecule has 1 aliphatic rings. The van der Waals surface area contributed by atoms with Crippen molar-refractivity contribution in [2.75, 3.05) is 11.9 Å². The van der Waals surface area contributed by atoms with E-state index in [4.69, 9.17) is 4.74 Å². The molecule has 28 heavy (non-hydrogen) atoms. The van der Waals surface area contributed by atoms with Crippen molar-refractivity contribution in [3.05, 3.63) is 60.0 Å². The Morgan fingerprint density at radius 1 is 1.25 bits per heavy atom. The number of imidazole rings is 1. The Morgan fingerprint density at radius 3 is 2.82 bits per heavy atom. The Bertz CT molecular complexity index is 1050. The Kier molecular flexibility index (Phi) is 4.87. The van der Waals surface area contributed by atoms with Crippen LogP contribution in [0.4, 0.5) is 10.1 Å². The summed E-state index contributed by atoms with van der Waals surface area (Å²) in [5, 5.41) is 2.90. The van der Waals surface area contributed by atoms with E-state index < -0.39 is 5.25 Å². The second-order valence-electron chi connectivity index (χ2n) is 6.28. The number of H-pyrrole nitrogens is 1. The van der Waals surface area contributed by atoms with Crippen LogP contribution >= 0.6 is 11.8 Å². The molecule has 0 aliphatic carbocycles. The van der Waals surface area contributed by atoms with Gasteiger partial charge in [0.2, 0.25) is 0 Å². The van der Waals surface area contributed by atoms with Crippen molar-refractivity contribution in [1.29, 1.82) is 0 Å². The van der Waals surface area contributed by atoms with Crippen molar-refractivity contribution in [3.63, 3.8) is 0 Å². The highest BCUT2D eigenvalue weighted by Gasteiger charge is 2.22. The predicted octanol–water partition coefficient (Wildman–Crippen LogP) is 3.91. The number of rotatable bonds is 5. The summed E-state index contributed by atoms with van der Waals surface area (Å²) in [6.07, 6.45) is 1.65. The number of thioether (sulfide) groups is 1. The van der Waals surface area contributed by atoms with Crippen LogP contribution in [0.25, 0.3) is 11.3 Å². The Morgan fingerprint density at radius 2 is 2.04 bits per heavy atom. The summed E-state index contributed by atoms with van der Waals surface area (Å²) < 4.78 is 18.4. The standard InChI is InChI=1S/C20H16FN3O3S/c1-11(19(26)13-4-7-17-15(8-13)23-18(25)10-27-17)28-20-22-9-16(24-20)12-2-5-14(21)6-3-12/h2-9,11H,10H2,1H3,(H,22,24)(H,23,25). The molecule has 2 aromatic carbocycles. The Labute approximate surface area is 164 Å². The van der Waals surface area contributed by atoms with Crippen molar-refractivity contribution in [2.24, 2.45) is 0 Å². The van der Waals surface area contributed by atoms with Crippen LogP contribution in [-0.2, 0) is 4.79 Å². The number of benzene rings is 2. The molecule has 1 atom stereocenters. The molecule has 1 unspecified atom stereocenters. The van der Waals surface area contributed by atoms with E-state index in [1.54, 1.807) is 43.5 Å². The molecule has 0 saturated carbocycles. The highest BCUT2D eigenvalue weighted by molar-refractivity contribution is 8.00. The van der Waals surface area contributed by atoms with Gasteiger partial charge < -0.3 is 15.0 Å². The third-order valence-corrected chi connectivity index (χ3v) is 5.26. The van der Waals surface area contributed by atoms with Gasteiger partial charge in [0.25, 0.3) is 5.91 Å². The number of nitrogens with zero attached hydrogens (tertiary/aromatic N) is 1. The third-order valence-electron chi connectivity index (χ3n) is 4.26. The molecule has 1 aromatic heterocycles. The average molecular weight is 397 g/mol. The van der Waals surface area contributed by atoms with Crippen LogP contribution in [-0.4, -0.2) is 33.5 Å². The quantitative estimate of drug-likeness (QED) is 0.504. The van der Waals surface area contributed by atoms with Gasteiger partial charge in [-0.1, -0.05) is 11.8 Å². The van der Waals surface area contributed by atoms with Crippen molar-refractivity contribution >= 4 is 29.1 Å². The van der Waals surface area contributed by atoms with Crippen LogP contribution in [0, 0.1) is 5.82 Å². The molecule has 2 N–H and O–H groups in total.